The zero-order valence-electron chi connectivity index (χ0n) is 49.0. The highest BCUT2D eigenvalue weighted by Crippen LogP contribution is 2.52. The standard InChI is InChI=1S/C86H56N2O2/c1-7-21-57(22-8-1)61-37-43-71(44-38-61)87(73-35-19-33-65(49-73)59-25-11-3-12-26-59)75-47-41-67-53-77-79(55-69(67)51-75)89-85-83(77)81(63-29-15-5-16-30-63)82(64-31-17-6-18-32-64)84-78-54-68-42-48-76(52-70(68)56-80(78)90-86(84)85)88(72-45-39-62(40-46-72)58-23-9-2-10-24-58)74-36-20-34-66(50-74)60-27-13-4-14-28-60/h1-56H. The van der Waals surface area contributed by atoms with E-state index in [2.05, 4.69) is 350 Å². The van der Waals surface area contributed by atoms with Crippen molar-refractivity contribution < 1.29 is 8.83 Å². The summed E-state index contributed by atoms with van der Waals surface area (Å²) in [5.41, 5.74) is 23.0. The minimum absolute atomic E-state index is 0.719. The number of fused-ring (bicyclic) bond motifs is 9. The van der Waals surface area contributed by atoms with Crippen molar-refractivity contribution in [2.75, 3.05) is 9.80 Å². The molecule has 0 aliphatic carbocycles. The van der Waals surface area contributed by atoms with Crippen molar-refractivity contribution in [2.45, 2.75) is 0 Å². The van der Waals surface area contributed by atoms with Crippen molar-refractivity contribution in [3.63, 3.8) is 0 Å². The molecule has 0 aliphatic rings. The molecule has 0 saturated carbocycles. The van der Waals surface area contributed by atoms with Crippen LogP contribution in [0.5, 0.6) is 0 Å². The van der Waals surface area contributed by atoms with Gasteiger partial charge in [-0.15, -0.1) is 0 Å². The summed E-state index contributed by atoms with van der Waals surface area (Å²) in [4.78, 5) is 4.72. The van der Waals surface area contributed by atoms with Crippen LogP contribution in [0.4, 0.5) is 34.1 Å². The van der Waals surface area contributed by atoms with E-state index in [0.717, 1.165) is 133 Å². The molecule has 0 spiro atoms. The summed E-state index contributed by atoms with van der Waals surface area (Å²) in [6, 6.07) is 122. The summed E-state index contributed by atoms with van der Waals surface area (Å²) in [5.74, 6) is 0. The number of furan rings is 2. The molecule has 422 valence electrons. The van der Waals surface area contributed by atoms with Gasteiger partial charge in [-0.1, -0.05) is 243 Å². The molecule has 4 nitrogen and oxygen atoms in total. The van der Waals surface area contributed by atoms with Crippen LogP contribution in [-0.2, 0) is 0 Å². The Labute approximate surface area is 521 Å². The van der Waals surface area contributed by atoms with Gasteiger partial charge in [0, 0.05) is 66.8 Å². The fraction of sp³-hybridized carbons (Fsp3) is 0. The lowest BCUT2D eigenvalue weighted by Gasteiger charge is -2.26. The fourth-order valence-electron chi connectivity index (χ4n) is 13.5. The average Bonchev–Trinajstić information content (AvgIpc) is 1.52. The maximum Gasteiger partial charge on any atom is 0.179 e. The molecule has 17 aromatic rings. The molecule has 0 unspecified atom stereocenters. The highest BCUT2D eigenvalue weighted by atomic mass is 16.4. The molecule has 15 aromatic carbocycles. The fourth-order valence-corrected chi connectivity index (χ4v) is 13.5. The first-order chi connectivity index (χ1) is 44.6. The van der Waals surface area contributed by atoms with Crippen LogP contribution in [-0.4, -0.2) is 0 Å². The van der Waals surface area contributed by atoms with Crippen molar-refractivity contribution in [3.05, 3.63) is 340 Å². The van der Waals surface area contributed by atoms with E-state index < -0.39 is 0 Å². The van der Waals surface area contributed by atoms with E-state index in [1.165, 1.54) is 33.4 Å². The summed E-state index contributed by atoms with van der Waals surface area (Å²) >= 11 is 0. The lowest BCUT2D eigenvalue weighted by molar-refractivity contribution is 0.634. The van der Waals surface area contributed by atoms with Gasteiger partial charge >= 0.3 is 0 Å². The molecule has 2 heterocycles. The van der Waals surface area contributed by atoms with Crippen LogP contribution in [0, 0.1) is 0 Å². The Hall–Kier alpha value is -12.0. The number of hydrogen-bond acceptors (Lipinski definition) is 4. The van der Waals surface area contributed by atoms with E-state index in [1.54, 1.807) is 0 Å². The van der Waals surface area contributed by atoms with Crippen molar-refractivity contribution in [1.29, 1.82) is 0 Å². The summed E-state index contributed by atoms with van der Waals surface area (Å²) in [7, 11) is 0. The molecular weight excluding hydrogens is 1090 g/mol. The minimum atomic E-state index is 0.719. The van der Waals surface area contributed by atoms with E-state index in [4.69, 9.17) is 8.83 Å². The molecule has 0 atom stereocenters. The number of anilines is 6. The molecule has 17 rings (SSSR count). The molecular formula is C86H56N2O2. The average molecular weight is 1150 g/mol. The van der Waals surface area contributed by atoms with Gasteiger partial charge in [-0.05, 0) is 174 Å². The second kappa shape index (κ2) is 22.1. The molecule has 0 aliphatic heterocycles. The molecule has 0 radical (unpaired) electrons. The van der Waals surface area contributed by atoms with Crippen molar-refractivity contribution in [3.8, 4) is 66.8 Å². The topological polar surface area (TPSA) is 32.8 Å². The Morgan fingerprint density at radius 1 is 0.189 bits per heavy atom. The predicted octanol–water partition coefficient (Wildman–Crippen LogP) is 24.7. The van der Waals surface area contributed by atoms with Gasteiger partial charge in [0.15, 0.2) is 11.2 Å². The molecule has 90 heavy (non-hydrogen) atoms. The first-order valence-electron chi connectivity index (χ1n) is 30.7. The Morgan fingerprint density at radius 3 is 0.833 bits per heavy atom. The predicted molar refractivity (Wildman–Crippen MR) is 378 cm³/mol. The maximum absolute atomic E-state index is 7.36. The van der Waals surface area contributed by atoms with Crippen molar-refractivity contribution in [2.24, 2.45) is 0 Å². The van der Waals surface area contributed by atoms with Crippen LogP contribution in [0.3, 0.4) is 0 Å². The van der Waals surface area contributed by atoms with Gasteiger partial charge in [-0.2, -0.15) is 0 Å². The van der Waals surface area contributed by atoms with Crippen LogP contribution in [0.25, 0.3) is 132 Å². The van der Waals surface area contributed by atoms with E-state index >= 15 is 0 Å². The van der Waals surface area contributed by atoms with Crippen LogP contribution in [0.15, 0.2) is 349 Å². The third-order valence-corrected chi connectivity index (χ3v) is 17.7. The molecule has 0 bridgehead atoms. The largest absolute Gasteiger partial charge is 0.452 e. The Morgan fingerprint density at radius 2 is 0.478 bits per heavy atom. The highest BCUT2D eigenvalue weighted by molar-refractivity contribution is 6.31. The zero-order chi connectivity index (χ0) is 59.5. The van der Waals surface area contributed by atoms with Crippen LogP contribution >= 0.6 is 0 Å². The SMILES string of the molecule is c1ccc(-c2ccc(N(c3cccc(-c4ccccc4)c3)c3ccc4cc5c(cc4c3)oc3c4oc6cc7cc(N(c8ccc(-c9ccccc9)cc8)c8cccc(-c9ccccc9)c8)ccc7cc6c4c(-c4ccccc4)c(-c4ccccc4)c53)cc2)cc1. The number of hydrogen-bond donors (Lipinski definition) is 0. The first kappa shape index (κ1) is 52.4. The Bertz CT molecular complexity index is 5150. The van der Waals surface area contributed by atoms with Gasteiger partial charge in [-0.3, -0.25) is 0 Å². The summed E-state index contributed by atoms with van der Waals surface area (Å²) in [6.07, 6.45) is 0. The van der Waals surface area contributed by atoms with Crippen LogP contribution < -0.4 is 9.80 Å². The molecule has 2 aromatic heterocycles. The van der Waals surface area contributed by atoms with Gasteiger partial charge in [-0.25, -0.2) is 0 Å². The quantitative estimate of drug-likeness (QED) is 0.122. The number of nitrogens with zero attached hydrogens (tertiary/aromatic N) is 2. The monoisotopic (exact) mass is 1150 g/mol. The third-order valence-electron chi connectivity index (χ3n) is 17.7. The lowest BCUT2D eigenvalue weighted by atomic mass is 9.87. The molecule has 0 N–H and O–H groups in total. The van der Waals surface area contributed by atoms with E-state index in [1.807, 2.05) is 0 Å². The van der Waals surface area contributed by atoms with Crippen LogP contribution in [0.2, 0.25) is 0 Å². The van der Waals surface area contributed by atoms with Crippen molar-refractivity contribution >= 4 is 99.5 Å². The second-order valence-electron chi connectivity index (χ2n) is 23.2. The Kier molecular flexibility index (Phi) is 12.8. The lowest BCUT2D eigenvalue weighted by Crippen LogP contribution is -2.10. The number of rotatable bonds is 12. The van der Waals surface area contributed by atoms with Gasteiger partial charge in [0.2, 0.25) is 0 Å². The third kappa shape index (κ3) is 9.34. The van der Waals surface area contributed by atoms with Gasteiger partial charge in [0.05, 0.1) is 0 Å². The van der Waals surface area contributed by atoms with E-state index in [9.17, 15) is 0 Å². The van der Waals surface area contributed by atoms with Gasteiger partial charge in [0.1, 0.15) is 11.2 Å². The second-order valence-corrected chi connectivity index (χ2v) is 23.2. The maximum atomic E-state index is 7.36. The number of benzene rings is 15. The molecule has 0 saturated heterocycles. The summed E-state index contributed by atoms with van der Waals surface area (Å²) < 4.78 is 14.7. The smallest absolute Gasteiger partial charge is 0.179 e. The van der Waals surface area contributed by atoms with Crippen LogP contribution in [0.1, 0.15) is 0 Å². The molecule has 0 fully saturated rings. The van der Waals surface area contributed by atoms with Gasteiger partial charge in [0.25, 0.3) is 0 Å². The van der Waals surface area contributed by atoms with E-state index in [0.29, 0.717) is 0 Å². The molecule has 4 heteroatoms. The zero-order valence-corrected chi connectivity index (χ0v) is 49.0. The Balaban J connectivity index is 0.851. The molecule has 0 amide bonds. The van der Waals surface area contributed by atoms with Crippen molar-refractivity contribution in [1.82, 2.24) is 0 Å². The highest BCUT2D eigenvalue weighted by Gasteiger charge is 2.28. The normalized spacial score (nSPS) is 11.6. The first-order valence-corrected chi connectivity index (χ1v) is 30.7. The summed E-state index contributed by atoms with van der Waals surface area (Å²) in [5, 5.41) is 8.41. The summed E-state index contributed by atoms with van der Waals surface area (Å²) in [6.45, 7) is 0. The van der Waals surface area contributed by atoms with Gasteiger partial charge < -0.3 is 18.6 Å². The van der Waals surface area contributed by atoms with E-state index in [-0.39, 0.29) is 0 Å². The minimum Gasteiger partial charge on any atom is -0.452 e.